The maximum Gasteiger partial charge on any atom is 0.272 e. The Bertz CT molecular complexity index is 2450. The lowest BCUT2D eigenvalue weighted by Crippen LogP contribution is -2.55. The van der Waals surface area contributed by atoms with Gasteiger partial charge in [0.15, 0.2) is 0 Å². The fraction of sp³-hybridized carbons (Fsp3) is 0.520. The molecule has 4 amide bonds. The predicted molar refractivity (Wildman–Crippen MR) is 240 cm³/mol. The summed E-state index contributed by atoms with van der Waals surface area (Å²) in [7, 11) is 0. The molecule has 4 heterocycles. The minimum absolute atomic E-state index is 0.00180. The number of carbonyl (C=O) groups excluding carboxylic acids is 4. The van der Waals surface area contributed by atoms with E-state index in [-0.39, 0.29) is 59.1 Å². The van der Waals surface area contributed by atoms with Gasteiger partial charge in [0.1, 0.15) is 17.7 Å². The number of benzene rings is 3. The van der Waals surface area contributed by atoms with Crippen LogP contribution in [0.1, 0.15) is 114 Å². The third-order valence-electron chi connectivity index (χ3n) is 14.3. The van der Waals surface area contributed by atoms with Gasteiger partial charge in [-0.1, -0.05) is 55.7 Å². The number of hydrogen-bond acceptors (Lipinski definition) is 8. The predicted octanol–water partition coefficient (Wildman–Crippen LogP) is 5.80. The summed E-state index contributed by atoms with van der Waals surface area (Å²) in [6, 6.07) is 15.9. The minimum Gasteiger partial charge on any atom is -0.375 e. The van der Waals surface area contributed by atoms with Crippen molar-refractivity contribution in [1.82, 2.24) is 35.1 Å². The summed E-state index contributed by atoms with van der Waals surface area (Å²) < 4.78 is 37.0. The van der Waals surface area contributed by atoms with Gasteiger partial charge >= 0.3 is 0 Å². The molecule has 65 heavy (non-hydrogen) atoms. The third kappa shape index (κ3) is 10.3. The minimum atomic E-state index is -0.684. The Balaban J connectivity index is 0.708. The molecule has 1 aromatic heterocycles. The molecule has 5 aliphatic rings. The molecule has 1 atom stereocenters. The van der Waals surface area contributed by atoms with E-state index < -0.39 is 29.5 Å². The summed E-state index contributed by atoms with van der Waals surface area (Å²) in [5.41, 5.74) is 1.59. The first kappa shape index (κ1) is 44.7. The summed E-state index contributed by atoms with van der Waals surface area (Å²) in [5, 5.41) is 11.0. The molecule has 0 spiro atoms. The molecule has 3 aromatic carbocycles. The van der Waals surface area contributed by atoms with Gasteiger partial charge in [0.2, 0.25) is 11.8 Å². The Hall–Kier alpha value is -5.54. The van der Waals surface area contributed by atoms with Crippen molar-refractivity contribution >= 4 is 34.4 Å². The van der Waals surface area contributed by atoms with Gasteiger partial charge in [-0.15, -0.1) is 0 Å². The van der Waals surface area contributed by atoms with Crippen molar-refractivity contribution in [2.75, 3.05) is 58.9 Å². The van der Waals surface area contributed by atoms with Crippen molar-refractivity contribution in [2.45, 2.75) is 101 Å². The molecule has 13 nitrogen and oxygen atoms in total. The van der Waals surface area contributed by atoms with Crippen molar-refractivity contribution in [2.24, 2.45) is 5.92 Å². The highest BCUT2D eigenvalue weighted by atomic mass is 19.1. The Morgan fingerprint density at radius 1 is 0.723 bits per heavy atom. The molecule has 0 bridgehead atoms. The summed E-state index contributed by atoms with van der Waals surface area (Å²) in [5.74, 6) is -1.90. The van der Waals surface area contributed by atoms with Crippen LogP contribution in [0.15, 0.2) is 65.5 Å². The molecule has 0 radical (unpaired) electrons. The van der Waals surface area contributed by atoms with Crippen LogP contribution in [0.3, 0.4) is 0 Å². The van der Waals surface area contributed by atoms with Crippen molar-refractivity contribution in [1.29, 1.82) is 0 Å². The SMILES string of the molecule is O=C(NC(C(=O)N1CCC(OC2CCN(CC(=O)N3CCN(C(=O)c4cc(Cc5n[nH]c(=O)c6ccccc56)ccc4F)CC3)CC2)CC1)C1CCCCC1)c1cccc(C2CC2)c1F. The number of H-pyrrole nitrogens is 1. The number of carbonyl (C=O) groups is 4. The smallest absolute Gasteiger partial charge is 0.272 e. The second-order valence-corrected chi connectivity index (χ2v) is 18.7. The number of fused-ring (bicyclic) bond motifs is 1. The summed E-state index contributed by atoms with van der Waals surface area (Å²) in [6.45, 7) is 4.11. The Labute approximate surface area is 377 Å². The monoisotopic (exact) mass is 891 g/mol. The molecule has 15 heteroatoms. The highest BCUT2D eigenvalue weighted by Gasteiger charge is 2.38. The number of halogens is 2. The van der Waals surface area contributed by atoms with Crippen LogP contribution in [-0.4, -0.2) is 131 Å². The van der Waals surface area contributed by atoms with Crippen LogP contribution in [-0.2, 0) is 20.7 Å². The van der Waals surface area contributed by atoms with Gasteiger partial charge in [-0.05, 0) is 98.6 Å². The number of nitrogens with one attached hydrogen (secondary N) is 2. The molecule has 3 aliphatic heterocycles. The Kier molecular flexibility index (Phi) is 13.7. The summed E-state index contributed by atoms with van der Waals surface area (Å²) in [4.78, 5) is 74.2. The quantitative estimate of drug-likeness (QED) is 0.181. The fourth-order valence-electron chi connectivity index (χ4n) is 10.4. The Morgan fingerprint density at radius 3 is 2.11 bits per heavy atom. The van der Waals surface area contributed by atoms with E-state index in [1.165, 1.54) is 12.1 Å². The largest absolute Gasteiger partial charge is 0.375 e. The molecule has 2 N–H and O–H groups in total. The number of ether oxygens (including phenoxy) is 1. The van der Waals surface area contributed by atoms with Gasteiger partial charge in [-0.3, -0.25) is 28.9 Å². The number of nitrogens with zero attached hydrogens (tertiary/aromatic N) is 5. The van der Waals surface area contributed by atoms with E-state index in [4.69, 9.17) is 4.74 Å². The molecule has 2 saturated carbocycles. The van der Waals surface area contributed by atoms with Crippen molar-refractivity contribution in [3.63, 3.8) is 0 Å². The Morgan fingerprint density at radius 2 is 1.40 bits per heavy atom. The normalized spacial score (nSPS) is 19.9. The lowest BCUT2D eigenvalue weighted by Gasteiger charge is -2.40. The highest BCUT2D eigenvalue weighted by Crippen LogP contribution is 2.42. The number of rotatable bonds is 12. The van der Waals surface area contributed by atoms with Crippen LogP contribution in [0.25, 0.3) is 10.8 Å². The molecular weight excluding hydrogens is 833 g/mol. The molecule has 9 rings (SSSR count). The number of aromatic amines is 1. The van der Waals surface area contributed by atoms with Crippen molar-refractivity contribution < 1.29 is 32.7 Å². The van der Waals surface area contributed by atoms with Crippen LogP contribution in [0.4, 0.5) is 8.78 Å². The first-order valence-electron chi connectivity index (χ1n) is 23.7. The van der Waals surface area contributed by atoms with Crippen molar-refractivity contribution in [3.8, 4) is 0 Å². The van der Waals surface area contributed by atoms with Gasteiger partial charge in [-0.25, -0.2) is 13.9 Å². The first-order valence-corrected chi connectivity index (χ1v) is 23.7. The van der Waals surface area contributed by atoms with Crippen LogP contribution < -0.4 is 10.9 Å². The zero-order chi connectivity index (χ0) is 45.0. The topological polar surface area (TPSA) is 148 Å². The average Bonchev–Trinajstić information content (AvgIpc) is 4.19. The lowest BCUT2D eigenvalue weighted by molar-refractivity contribution is -0.140. The fourth-order valence-corrected chi connectivity index (χ4v) is 10.4. The van der Waals surface area contributed by atoms with E-state index in [1.54, 1.807) is 46.2 Å². The lowest BCUT2D eigenvalue weighted by atomic mass is 9.83. The number of piperazine rings is 1. The number of aromatic nitrogens is 2. The van der Waals surface area contributed by atoms with E-state index >= 15 is 8.78 Å². The maximum absolute atomic E-state index is 15.4. The van der Waals surface area contributed by atoms with Crippen LogP contribution >= 0.6 is 0 Å². The highest BCUT2D eigenvalue weighted by molar-refractivity contribution is 5.98. The summed E-state index contributed by atoms with van der Waals surface area (Å²) >= 11 is 0. The van der Waals surface area contributed by atoms with Crippen LogP contribution in [0.5, 0.6) is 0 Å². The average molecular weight is 892 g/mol. The number of piperidine rings is 2. The first-order chi connectivity index (χ1) is 31.6. The van der Waals surface area contributed by atoms with Gasteiger partial charge < -0.3 is 24.8 Å². The van der Waals surface area contributed by atoms with Gasteiger partial charge in [0.25, 0.3) is 17.4 Å². The zero-order valence-corrected chi connectivity index (χ0v) is 37.0. The number of likely N-dealkylation sites (tertiary alicyclic amines) is 2. The van der Waals surface area contributed by atoms with Gasteiger partial charge in [0, 0.05) is 64.2 Å². The van der Waals surface area contributed by atoms with Crippen LogP contribution in [0.2, 0.25) is 0 Å². The van der Waals surface area contributed by atoms with E-state index in [9.17, 15) is 24.0 Å². The molecule has 5 fully saturated rings. The number of amides is 4. The van der Waals surface area contributed by atoms with Crippen molar-refractivity contribution in [3.05, 3.63) is 111 Å². The standard InChI is InChI=1S/C50H59F2N7O6/c51-42-16-13-32(30-43-38-9-4-5-10-39(38)48(62)55-54-43)29-41(42)49(63)59-27-25-57(26-28-59)44(60)31-56-21-17-35(18-22-56)65-36-19-23-58(24-20-36)50(64)46(34-7-2-1-3-8-34)53-47(61)40-12-6-11-37(45(40)52)33-14-15-33/h4-6,9-13,16,29,33-36,46H,1-3,7-8,14-15,17-28,30-31H2,(H,53,61)(H,55,62). The second-order valence-electron chi connectivity index (χ2n) is 18.7. The molecule has 2 aliphatic carbocycles. The second kappa shape index (κ2) is 19.9. The molecule has 4 aromatic rings. The van der Waals surface area contributed by atoms with E-state index in [1.807, 2.05) is 17.0 Å². The van der Waals surface area contributed by atoms with Crippen LogP contribution in [0, 0.1) is 17.6 Å². The van der Waals surface area contributed by atoms with Gasteiger partial charge in [-0.2, -0.15) is 5.10 Å². The zero-order valence-electron chi connectivity index (χ0n) is 37.0. The molecule has 1 unspecified atom stereocenters. The summed E-state index contributed by atoms with van der Waals surface area (Å²) in [6.07, 6.45) is 10.1. The molecule has 3 saturated heterocycles. The number of hydrogen-bond donors (Lipinski definition) is 2. The third-order valence-corrected chi connectivity index (χ3v) is 14.3. The molecular formula is C50H59F2N7O6. The van der Waals surface area contributed by atoms with E-state index in [0.717, 1.165) is 70.9 Å². The van der Waals surface area contributed by atoms with E-state index in [0.29, 0.717) is 86.1 Å². The van der Waals surface area contributed by atoms with E-state index in [2.05, 4.69) is 20.4 Å². The molecule has 344 valence electrons. The van der Waals surface area contributed by atoms with Gasteiger partial charge in [0.05, 0.1) is 41.0 Å². The maximum atomic E-state index is 15.4.